The van der Waals surface area contributed by atoms with Crippen molar-refractivity contribution in [3.8, 4) is 0 Å². The Bertz CT molecular complexity index is 531. The number of aromatic nitrogens is 1. The Morgan fingerprint density at radius 1 is 1.18 bits per heavy atom. The number of hydrogen-bond acceptors (Lipinski definition) is 3. The van der Waals surface area contributed by atoms with Gasteiger partial charge in [0.05, 0.1) is 5.02 Å². The predicted octanol–water partition coefficient (Wildman–Crippen LogP) is 3.66. The number of hydrogen-bond donors (Lipinski definition) is 2. The molecule has 1 aromatic carbocycles. The van der Waals surface area contributed by atoms with Crippen molar-refractivity contribution in [1.82, 2.24) is 4.98 Å². The highest BCUT2D eigenvalue weighted by atomic mass is 35.5. The van der Waals surface area contributed by atoms with Crippen LogP contribution in [0.2, 0.25) is 5.02 Å². The van der Waals surface area contributed by atoms with E-state index in [1.165, 1.54) is 12.1 Å². The molecule has 0 amide bonds. The van der Waals surface area contributed by atoms with E-state index >= 15 is 0 Å². The largest absolute Gasteiger partial charge is 0.373 e. The van der Waals surface area contributed by atoms with Crippen LogP contribution in [0.4, 0.5) is 21.7 Å². The van der Waals surface area contributed by atoms with Crippen molar-refractivity contribution in [1.29, 1.82) is 0 Å². The van der Waals surface area contributed by atoms with Gasteiger partial charge in [0, 0.05) is 12.7 Å². The lowest BCUT2D eigenvalue weighted by atomic mass is 10.3. The molecule has 5 heteroatoms. The van der Waals surface area contributed by atoms with E-state index in [1.54, 1.807) is 13.1 Å². The molecule has 1 heterocycles. The van der Waals surface area contributed by atoms with Crippen molar-refractivity contribution in [3.05, 3.63) is 47.2 Å². The third kappa shape index (κ3) is 2.85. The zero-order valence-electron chi connectivity index (χ0n) is 9.17. The molecule has 0 saturated heterocycles. The quantitative estimate of drug-likeness (QED) is 0.874. The average molecular weight is 252 g/mol. The van der Waals surface area contributed by atoms with Gasteiger partial charge in [-0.05, 0) is 30.3 Å². The minimum atomic E-state index is -0.436. The van der Waals surface area contributed by atoms with Gasteiger partial charge in [-0.3, -0.25) is 0 Å². The summed E-state index contributed by atoms with van der Waals surface area (Å²) in [7, 11) is 1.79. The van der Waals surface area contributed by atoms with Crippen LogP contribution in [-0.2, 0) is 0 Å². The molecule has 0 aliphatic carbocycles. The van der Waals surface area contributed by atoms with Crippen LogP contribution in [0.3, 0.4) is 0 Å². The highest BCUT2D eigenvalue weighted by molar-refractivity contribution is 6.31. The van der Waals surface area contributed by atoms with Crippen LogP contribution in [-0.4, -0.2) is 12.0 Å². The Morgan fingerprint density at radius 3 is 2.65 bits per heavy atom. The third-order valence-electron chi connectivity index (χ3n) is 2.20. The minimum Gasteiger partial charge on any atom is -0.373 e. The van der Waals surface area contributed by atoms with Gasteiger partial charge in [-0.15, -0.1) is 0 Å². The van der Waals surface area contributed by atoms with Crippen LogP contribution in [0.25, 0.3) is 0 Å². The van der Waals surface area contributed by atoms with Gasteiger partial charge in [0.2, 0.25) is 0 Å². The van der Waals surface area contributed by atoms with E-state index in [0.29, 0.717) is 11.5 Å². The molecule has 1 aromatic heterocycles. The SMILES string of the molecule is CNc1cccc(Nc2ccc(F)c(Cl)c2)n1. The lowest BCUT2D eigenvalue weighted by Gasteiger charge is -2.07. The number of benzene rings is 1. The van der Waals surface area contributed by atoms with Gasteiger partial charge in [-0.25, -0.2) is 9.37 Å². The monoisotopic (exact) mass is 251 g/mol. The molecule has 2 aromatic rings. The standard InChI is InChI=1S/C12H11ClFN3/c1-15-11-3-2-4-12(17-11)16-8-5-6-10(14)9(13)7-8/h2-7H,1H3,(H2,15,16,17). The smallest absolute Gasteiger partial charge is 0.141 e. The van der Waals surface area contributed by atoms with E-state index in [4.69, 9.17) is 11.6 Å². The van der Waals surface area contributed by atoms with Gasteiger partial charge in [0.1, 0.15) is 17.5 Å². The van der Waals surface area contributed by atoms with Crippen LogP contribution < -0.4 is 10.6 Å². The van der Waals surface area contributed by atoms with Gasteiger partial charge < -0.3 is 10.6 Å². The van der Waals surface area contributed by atoms with Crippen molar-refractivity contribution in [2.75, 3.05) is 17.7 Å². The Labute approximate surface area is 104 Å². The molecule has 0 radical (unpaired) electrons. The third-order valence-corrected chi connectivity index (χ3v) is 2.49. The van der Waals surface area contributed by atoms with Gasteiger partial charge in [0.25, 0.3) is 0 Å². The Hall–Kier alpha value is -1.81. The second kappa shape index (κ2) is 5.01. The second-order valence-electron chi connectivity index (χ2n) is 3.41. The number of pyridine rings is 1. The maximum Gasteiger partial charge on any atom is 0.141 e. The molecule has 0 atom stereocenters. The van der Waals surface area contributed by atoms with E-state index in [9.17, 15) is 4.39 Å². The molecular formula is C12H11ClFN3. The lowest BCUT2D eigenvalue weighted by Crippen LogP contribution is -1.97. The first-order valence-electron chi connectivity index (χ1n) is 5.06. The molecule has 17 heavy (non-hydrogen) atoms. The summed E-state index contributed by atoms with van der Waals surface area (Å²) in [4.78, 5) is 4.28. The Kier molecular flexibility index (Phi) is 3.44. The summed E-state index contributed by atoms with van der Waals surface area (Å²) in [5, 5.41) is 6.06. The molecule has 3 nitrogen and oxygen atoms in total. The van der Waals surface area contributed by atoms with E-state index in [-0.39, 0.29) is 5.02 Å². The highest BCUT2D eigenvalue weighted by Crippen LogP contribution is 2.22. The molecule has 2 rings (SSSR count). The van der Waals surface area contributed by atoms with Crippen LogP contribution >= 0.6 is 11.6 Å². The molecule has 0 unspecified atom stereocenters. The van der Waals surface area contributed by atoms with Crippen LogP contribution in [0, 0.1) is 5.82 Å². The topological polar surface area (TPSA) is 37.0 Å². The summed E-state index contributed by atoms with van der Waals surface area (Å²) in [5.41, 5.74) is 0.692. The molecule has 0 bridgehead atoms. The number of rotatable bonds is 3. The average Bonchev–Trinajstić information content (AvgIpc) is 2.34. The Morgan fingerprint density at radius 2 is 1.94 bits per heavy atom. The van der Waals surface area contributed by atoms with Crippen LogP contribution in [0.1, 0.15) is 0 Å². The summed E-state index contributed by atoms with van der Waals surface area (Å²) in [6.45, 7) is 0. The fraction of sp³-hybridized carbons (Fsp3) is 0.0833. The molecule has 0 aliphatic rings. The van der Waals surface area contributed by atoms with E-state index in [1.807, 2.05) is 18.2 Å². The maximum absolute atomic E-state index is 13.0. The molecular weight excluding hydrogens is 241 g/mol. The van der Waals surface area contributed by atoms with E-state index in [0.717, 1.165) is 5.82 Å². The summed E-state index contributed by atoms with van der Waals surface area (Å²) >= 11 is 5.69. The van der Waals surface area contributed by atoms with Crippen molar-refractivity contribution in [2.24, 2.45) is 0 Å². The van der Waals surface area contributed by atoms with Crippen LogP contribution in [0.5, 0.6) is 0 Å². The Balaban J connectivity index is 2.22. The normalized spacial score (nSPS) is 10.1. The molecule has 0 spiro atoms. The summed E-state index contributed by atoms with van der Waals surface area (Å²) in [6.07, 6.45) is 0. The van der Waals surface area contributed by atoms with E-state index < -0.39 is 5.82 Å². The van der Waals surface area contributed by atoms with Gasteiger partial charge in [-0.2, -0.15) is 0 Å². The number of anilines is 3. The van der Waals surface area contributed by atoms with Crippen LogP contribution in [0.15, 0.2) is 36.4 Å². The number of nitrogens with zero attached hydrogens (tertiary/aromatic N) is 1. The summed E-state index contributed by atoms with van der Waals surface area (Å²) in [6, 6.07) is 9.97. The predicted molar refractivity (Wildman–Crippen MR) is 68.5 cm³/mol. The zero-order chi connectivity index (χ0) is 12.3. The first kappa shape index (κ1) is 11.7. The maximum atomic E-state index is 13.0. The molecule has 0 aliphatic heterocycles. The molecule has 0 saturated carbocycles. The molecule has 2 N–H and O–H groups in total. The number of halogens is 2. The van der Waals surface area contributed by atoms with Gasteiger partial charge in [0.15, 0.2) is 0 Å². The van der Waals surface area contributed by atoms with Crippen molar-refractivity contribution >= 4 is 28.9 Å². The summed E-state index contributed by atoms with van der Waals surface area (Å²) in [5.74, 6) is 0.983. The van der Waals surface area contributed by atoms with Crippen molar-refractivity contribution in [3.63, 3.8) is 0 Å². The number of nitrogens with one attached hydrogen (secondary N) is 2. The zero-order valence-corrected chi connectivity index (χ0v) is 9.92. The first-order valence-corrected chi connectivity index (χ1v) is 5.44. The van der Waals surface area contributed by atoms with E-state index in [2.05, 4.69) is 15.6 Å². The van der Waals surface area contributed by atoms with Gasteiger partial charge >= 0.3 is 0 Å². The van der Waals surface area contributed by atoms with Crippen molar-refractivity contribution in [2.45, 2.75) is 0 Å². The first-order chi connectivity index (χ1) is 8.19. The fourth-order valence-corrected chi connectivity index (χ4v) is 1.55. The minimum absolute atomic E-state index is 0.0831. The van der Waals surface area contributed by atoms with Gasteiger partial charge in [-0.1, -0.05) is 17.7 Å². The summed E-state index contributed by atoms with van der Waals surface area (Å²) < 4.78 is 13.0. The molecule has 0 fully saturated rings. The second-order valence-corrected chi connectivity index (χ2v) is 3.82. The highest BCUT2D eigenvalue weighted by Gasteiger charge is 2.02. The molecule has 88 valence electrons. The van der Waals surface area contributed by atoms with Crippen molar-refractivity contribution < 1.29 is 4.39 Å². The fourth-order valence-electron chi connectivity index (χ4n) is 1.37. The lowest BCUT2D eigenvalue weighted by molar-refractivity contribution is 0.628.